The second-order valence-corrected chi connectivity index (χ2v) is 8.46. The maximum atomic E-state index is 11.3. The zero-order chi connectivity index (χ0) is 23.4. The fourth-order valence-corrected chi connectivity index (χ4v) is 3.24. The summed E-state index contributed by atoms with van der Waals surface area (Å²) < 4.78 is 21.2. The van der Waals surface area contributed by atoms with E-state index in [0.29, 0.717) is 24.7 Å². The highest BCUT2D eigenvalue weighted by molar-refractivity contribution is 14.1. The summed E-state index contributed by atoms with van der Waals surface area (Å²) in [5, 5.41) is 9.85. The van der Waals surface area contributed by atoms with Crippen molar-refractivity contribution in [2.75, 3.05) is 32.3 Å². The first-order valence-corrected chi connectivity index (χ1v) is 11.6. The van der Waals surface area contributed by atoms with Crippen molar-refractivity contribution in [2.45, 2.75) is 25.7 Å². The number of halogens is 2. The summed E-state index contributed by atoms with van der Waals surface area (Å²) in [6.07, 6.45) is 2.04. The molecule has 0 unspecified atom stereocenters. The van der Waals surface area contributed by atoms with Gasteiger partial charge in [0.05, 0.1) is 19.1 Å². The Bertz CT molecular complexity index is 865. The SMILES string of the molecule is CC(C)(c1ccc(OCC(=O)CCl)cc1)c1ccc(OC/C(O)=C/OCCCOI)cc1. The molecule has 0 bridgehead atoms. The molecule has 0 aliphatic carbocycles. The van der Waals surface area contributed by atoms with Gasteiger partial charge in [-0.15, -0.1) is 11.6 Å². The van der Waals surface area contributed by atoms with Crippen LogP contribution in [0, 0.1) is 0 Å². The van der Waals surface area contributed by atoms with Crippen LogP contribution in [0.5, 0.6) is 11.5 Å². The fraction of sp³-hybridized carbons (Fsp3) is 0.375. The van der Waals surface area contributed by atoms with Crippen molar-refractivity contribution in [3.8, 4) is 11.5 Å². The molecule has 0 spiro atoms. The number of hydrogen-bond acceptors (Lipinski definition) is 6. The molecule has 174 valence electrons. The third-order valence-electron chi connectivity index (χ3n) is 4.79. The molecule has 1 N–H and O–H groups in total. The molecule has 2 aromatic carbocycles. The van der Waals surface area contributed by atoms with Crippen molar-refractivity contribution < 1.29 is 27.2 Å². The Labute approximate surface area is 208 Å². The summed E-state index contributed by atoms with van der Waals surface area (Å²) in [6, 6.07) is 15.4. The van der Waals surface area contributed by atoms with E-state index >= 15 is 0 Å². The molecule has 0 saturated carbocycles. The van der Waals surface area contributed by atoms with Gasteiger partial charge in [-0.05, 0) is 35.4 Å². The molecule has 8 heteroatoms. The summed E-state index contributed by atoms with van der Waals surface area (Å²) in [7, 11) is 0. The number of ether oxygens (including phenoxy) is 3. The standard InChI is InChI=1S/C24H28ClIO6/c1-24(2,18-4-8-22(9-5-18)30-16-20(27)14-25)19-6-10-23(11-7-19)31-17-21(28)15-29-12-3-13-32-26/h4-11,15,28H,3,12-14,16-17H2,1-2H3/b21-15-. The highest BCUT2D eigenvalue weighted by Crippen LogP contribution is 2.33. The minimum atomic E-state index is -0.249. The predicted molar refractivity (Wildman–Crippen MR) is 133 cm³/mol. The van der Waals surface area contributed by atoms with Gasteiger partial charge in [0.25, 0.3) is 0 Å². The lowest BCUT2D eigenvalue weighted by Gasteiger charge is -2.26. The first-order chi connectivity index (χ1) is 15.4. The number of ketones is 1. The number of Topliss-reactive ketones (excluding diaryl/α,β-unsaturated/α-hetero) is 1. The van der Waals surface area contributed by atoms with Gasteiger partial charge in [-0.25, -0.2) is 0 Å². The van der Waals surface area contributed by atoms with Crippen LogP contribution < -0.4 is 9.47 Å². The van der Waals surface area contributed by atoms with Gasteiger partial charge in [-0.3, -0.25) is 4.79 Å². The van der Waals surface area contributed by atoms with Crippen LogP contribution in [0.4, 0.5) is 0 Å². The van der Waals surface area contributed by atoms with E-state index in [-0.39, 0.29) is 36.1 Å². The van der Waals surface area contributed by atoms with Gasteiger partial charge < -0.3 is 22.4 Å². The number of benzene rings is 2. The maximum Gasteiger partial charge on any atom is 0.184 e. The van der Waals surface area contributed by atoms with E-state index in [2.05, 4.69) is 13.8 Å². The van der Waals surface area contributed by atoms with E-state index < -0.39 is 0 Å². The molecule has 2 rings (SSSR count). The summed E-state index contributed by atoms with van der Waals surface area (Å²) in [6.45, 7) is 5.32. The van der Waals surface area contributed by atoms with E-state index in [0.717, 1.165) is 17.5 Å². The van der Waals surface area contributed by atoms with E-state index in [1.165, 1.54) is 6.26 Å². The van der Waals surface area contributed by atoms with Crippen molar-refractivity contribution in [3.05, 3.63) is 71.7 Å². The Hall–Kier alpha value is -1.97. The van der Waals surface area contributed by atoms with Gasteiger partial charge in [0.2, 0.25) is 0 Å². The third kappa shape index (κ3) is 8.52. The summed E-state index contributed by atoms with van der Waals surface area (Å²) in [4.78, 5) is 11.3. The van der Waals surface area contributed by atoms with Crippen LogP contribution >= 0.6 is 34.6 Å². The van der Waals surface area contributed by atoms with Crippen LogP contribution in [0.3, 0.4) is 0 Å². The lowest BCUT2D eigenvalue weighted by Crippen LogP contribution is -2.19. The summed E-state index contributed by atoms with van der Waals surface area (Å²) in [5.41, 5.74) is 1.96. The molecular weight excluding hydrogens is 547 g/mol. The van der Waals surface area contributed by atoms with Gasteiger partial charge >= 0.3 is 0 Å². The summed E-state index contributed by atoms with van der Waals surface area (Å²) in [5.74, 6) is 1.08. The number of alkyl halides is 1. The number of aliphatic hydroxyl groups excluding tert-OH is 1. The second kappa shape index (κ2) is 13.5. The Morgan fingerprint density at radius 1 is 0.969 bits per heavy atom. The highest BCUT2D eigenvalue weighted by atomic mass is 127. The molecule has 0 aromatic heterocycles. The average Bonchev–Trinajstić information content (AvgIpc) is 2.81. The zero-order valence-electron chi connectivity index (χ0n) is 18.2. The van der Waals surface area contributed by atoms with Gasteiger partial charge in [-0.1, -0.05) is 38.1 Å². The molecule has 0 amide bonds. The Kier molecular flexibility index (Phi) is 11.1. The second-order valence-electron chi connectivity index (χ2n) is 7.57. The first kappa shape index (κ1) is 26.3. The monoisotopic (exact) mass is 574 g/mol. The lowest BCUT2D eigenvalue weighted by molar-refractivity contribution is -0.118. The molecule has 0 aliphatic heterocycles. The molecule has 0 aliphatic rings. The van der Waals surface area contributed by atoms with E-state index in [1.54, 1.807) is 0 Å². The van der Waals surface area contributed by atoms with Crippen LogP contribution in [-0.2, 0) is 18.0 Å². The van der Waals surface area contributed by atoms with Crippen molar-refractivity contribution in [1.29, 1.82) is 0 Å². The molecule has 0 heterocycles. The molecule has 6 nitrogen and oxygen atoms in total. The number of rotatable bonds is 14. The van der Waals surface area contributed by atoms with Crippen molar-refractivity contribution in [3.63, 3.8) is 0 Å². The molecular formula is C24H28ClIO6. The van der Waals surface area contributed by atoms with Gasteiger partial charge in [0, 0.05) is 11.8 Å². The van der Waals surface area contributed by atoms with Crippen molar-refractivity contribution in [2.24, 2.45) is 0 Å². The number of aliphatic hydroxyl groups is 1. The van der Waals surface area contributed by atoms with Gasteiger partial charge in [-0.2, -0.15) is 0 Å². The maximum absolute atomic E-state index is 11.3. The number of hydrogen-bond donors (Lipinski definition) is 1. The lowest BCUT2D eigenvalue weighted by atomic mass is 9.78. The topological polar surface area (TPSA) is 74.2 Å². The third-order valence-corrected chi connectivity index (χ3v) is 5.53. The molecule has 0 fully saturated rings. The highest BCUT2D eigenvalue weighted by Gasteiger charge is 2.23. The van der Waals surface area contributed by atoms with Crippen LogP contribution in [0.2, 0.25) is 0 Å². The Morgan fingerprint density at radius 2 is 1.50 bits per heavy atom. The molecule has 2 aromatic rings. The van der Waals surface area contributed by atoms with Crippen LogP contribution in [0.25, 0.3) is 0 Å². The molecule has 32 heavy (non-hydrogen) atoms. The summed E-state index contributed by atoms with van der Waals surface area (Å²) >= 11 is 7.32. The van der Waals surface area contributed by atoms with Gasteiger partial charge in [0.1, 0.15) is 54.0 Å². The number of carbonyl (C=O) groups excluding carboxylic acids is 1. The van der Waals surface area contributed by atoms with Crippen molar-refractivity contribution in [1.82, 2.24) is 0 Å². The fourth-order valence-electron chi connectivity index (χ4n) is 2.85. The van der Waals surface area contributed by atoms with Crippen LogP contribution in [0.15, 0.2) is 60.6 Å². The predicted octanol–water partition coefficient (Wildman–Crippen LogP) is 5.75. The molecule has 0 radical (unpaired) electrons. The van der Waals surface area contributed by atoms with Gasteiger partial charge in [0.15, 0.2) is 11.5 Å². The molecule has 0 saturated heterocycles. The minimum absolute atomic E-state index is 0.0138. The van der Waals surface area contributed by atoms with Crippen molar-refractivity contribution >= 4 is 40.4 Å². The quantitative estimate of drug-likeness (QED) is 0.134. The largest absolute Gasteiger partial charge is 0.506 e. The average molecular weight is 575 g/mol. The normalized spacial score (nSPS) is 11.8. The smallest absolute Gasteiger partial charge is 0.184 e. The van der Waals surface area contributed by atoms with Crippen LogP contribution in [-0.4, -0.2) is 43.2 Å². The zero-order valence-corrected chi connectivity index (χ0v) is 21.1. The first-order valence-electron chi connectivity index (χ1n) is 10.1. The van der Waals surface area contributed by atoms with Crippen LogP contribution in [0.1, 0.15) is 31.4 Å². The number of carbonyl (C=O) groups is 1. The van der Waals surface area contributed by atoms with E-state index in [4.69, 9.17) is 28.9 Å². The van der Waals surface area contributed by atoms with E-state index in [9.17, 15) is 9.90 Å². The Morgan fingerprint density at radius 3 is 2.00 bits per heavy atom. The minimum Gasteiger partial charge on any atom is -0.506 e. The Balaban J connectivity index is 1.91. The van der Waals surface area contributed by atoms with E-state index in [1.807, 2.05) is 71.5 Å². The molecule has 0 atom stereocenters.